The standard InChI is InChI=1S/C29H40F2N4O5/c1-19(2)35(12-14-39-15-13-36)29(38)23-18-34(21-6-4-3-5-7-21)11-10-25(23)32-28(37)26-17-27(40-33-26)22-9-8-20(30)16-24(22)31/h8-9,16-17,19,21,23,25,36H,3-7,10-15,18H2,1-2H3,(H,32,37)/t23-,25-/m1/s1. The lowest BCUT2D eigenvalue weighted by Gasteiger charge is -2.44. The zero-order valence-corrected chi connectivity index (χ0v) is 23.3. The Bertz CT molecular complexity index is 1140. The number of ether oxygens (including phenoxy) is 1. The molecule has 9 nitrogen and oxygen atoms in total. The summed E-state index contributed by atoms with van der Waals surface area (Å²) in [5.74, 6) is -2.57. The normalized spacial score (nSPS) is 20.6. The summed E-state index contributed by atoms with van der Waals surface area (Å²) in [6.45, 7) is 6.02. The van der Waals surface area contributed by atoms with Crippen LogP contribution in [0.3, 0.4) is 0 Å². The minimum Gasteiger partial charge on any atom is -0.394 e. The average molecular weight is 563 g/mol. The first-order valence-corrected chi connectivity index (χ1v) is 14.2. The molecule has 1 aromatic carbocycles. The lowest BCUT2D eigenvalue weighted by Crippen LogP contribution is -2.59. The fourth-order valence-electron chi connectivity index (χ4n) is 5.78. The molecule has 1 aliphatic carbocycles. The fourth-order valence-corrected chi connectivity index (χ4v) is 5.78. The van der Waals surface area contributed by atoms with Gasteiger partial charge in [-0.15, -0.1) is 0 Å². The number of hydrogen-bond donors (Lipinski definition) is 2. The average Bonchev–Trinajstić information content (AvgIpc) is 3.43. The highest BCUT2D eigenvalue weighted by Crippen LogP contribution is 2.29. The van der Waals surface area contributed by atoms with Crippen molar-refractivity contribution in [1.82, 2.24) is 20.3 Å². The molecule has 2 atom stereocenters. The minimum absolute atomic E-state index is 0.00205. The van der Waals surface area contributed by atoms with Crippen molar-refractivity contribution in [2.24, 2.45) is 5.92 Å². The summed E-state index contributed by atoms with van der Waals surface area (Å²) in [6.07, 6.45) is 6.43. The molecule has 1 aliphatic heterocycles. The number of nitrogens with one attached hydrogen (secondary N) is 1. The Hall–Kier alpha value is -2.89. The van der Waals surface area contributed by atoms with E-state index in [1.165, 1.54) is 31.4 Å². The topological polar surface area (TPSA) is 108 Å². The molecule has 2 fully saturated rings. The summed E-state index contributed by atoms with van der Waals surface area (Å²) >= 11 is 0. The predicted molar refractivity (Wildman–Crippen MR) is 144 cm³/mol. The predicted octanol–water partition coefficient (Wildman–Crippen LogP) is 3.62. The molecular weight excluding hydrogens is 522 g/mol. The fraction of sp³-hybridized carbons (Fsp3) is 0.621. The quantitative estimate of drug-likeness (QED) is 0.403. The highest BCUT2D eigenvalue weighted by molar-refractivity contribution is 5.94. The molecule has 220 valence electrons. The second kappa shape index (κ2) is 14.1. The zero-order valence-electron chi connectivity index (χ0n) is 23.3. The Morgan fingerprint density at radius 2 is 1.95 bits per heavy atom. The Kier molecular flexibility index (Phi) is 10.6. The molecule has 0 spiro atoms. The second-order valence-corrected chi connectivity index (χ2v) is 10.9. The second-order valence-electron chi connectivity index (χ2n) is 10.9. The number of hydrogen-bond acceptors (Lipinski definition) is 7. The number of halogens is 2. The molecule has 40 heavy (non-hydrogen) atoms. The van der Waals surface area contributed by atoms with E-state index in [4.69, 9.17) is 14.4 Å². The van der Waals surface area contributed by atoms with E-state index in [0.717, 1.165) is 31.5 Å². The molecule has 2 aliphatic rings. The van der Waals surface area contributed by atoms with Crippen molar-refractivity contribution >= 4 is 11.8 Å². The summed E-state index contributed by atoms with van der Waals surface area (Å²) in [5.41, 5.74) is -0.0458. The minimum atomic E-state index is -0.819. The first kappa shape index (κ1) is 30.1. The number of aliphatic hydroxyl groups is 1. The maximum atomic E-state index is 14.2. The summed E-state index contributed by atoms with van der Waals surface area (Å²) in [7, 11) is 0. The van der Waals surface area contributed by atoms with Gasteiger partial charge in [0.15, 0.2) is 11.5 Å². The highest BCUT2D eigenvalue weighted by atomic mass is 19.1. The van der Waals surface area contributed by atoms with Gasteiger partial charge in [-0.25, -0.2) is 8.78 Å². The largest absolute Gasteiger partial charge is 0.394 e. The first-order chi connectivity index (χ1) is 19.3. The van der Waals surface area contributed by atoms with Crippen LogP contribution in [0.1, 0.15) is 62.9 Å². The van der Waals surface area contributed by atoms with Crippen molar-refractivity contribution in [2.75, 3.05) is 39.5 Å². The van der Waals surface area contributed by atoms with Gasteiger partial charge >= 0.3 is 0 Å². The molecule has 4 rings (SSSR count). The van der Waals surface area contributed by atoms with Crippen molar-refractivity contribution in [2.45, 2.75) is 70.5 Å². The number of aliphatic hydroxyl groups excluding tert-OH is 1. The van der Waals surface area contributed by atoms with Crippen molar-refractivity contribution in [1.29, 1.82) is 0 Å². The highest BCUT2D eigenvalue weighted by Gasteiger charge is 2.40. The first-order valence-electron chi connectivity index (χ1n) is 14.2. The summed E-state index contributed by atoms with van der Waals surface area (Å²) in [5, 5.41) is 15.8. The monoisotopic (exact) mass is 562 g/mol. The Labute approximate surface area is 233 Å². The van der Waals surface area contributed by atoms with E-state index >= 15 is 0 Å². The number of likely N-dealkylation sites (tertiary alicyclic amines) is 1. The van der Waals surface area contributed by atoms with Crippen LogP contribution in [0.5, 0.6) is 0 Å². The number of rotatable bonds is 11. The van der Waals surface area contributed by atoms with E-state index in [1.54, 1.807) is 4.90 Å². The van der Waals surface area contributed by atoms with Crippen LogP contribution in [0.15, 0.2) is 28.8 Å². The number of piperidine rings is 1. The molecule has 0 radical (unpaired) electrons. The molecule has 0 unspecified atom stereocenters. The maximum absolute atomic E-state index is 14.2. The van der Waals surface area contributed by atoms with Gasteiger partial charge in [0.25, 0.3) is 5.91 Å². The van der Waals surface area contributed by atoms with E-state index in [9.17, 15) is 18.4 Å². The molecule has 1 aromatic heterocycles. The molecule has 2 heterocycles. The smallest absolute Gasteiger partial charge is 0.273 e. The van der Waals surface area contributed by atoms with Crippen LogP contribution in [0, 0.1) is 17.6 Å². The summed E-state index contributed by atoms with van der Waals surface area (Å²) in [4.78, 5) is 31.4. The van der Waals surface area contributed by atoms with E-state index in [2.05, 4.69) is 15.4 Å². The third kappa shape index (κ3) is 7.44. The number of nitrogens with zero attached hydrogens (tertiary/aromatic N) is 3. The Balaban J connectivity index is 1.50. The van der Waals surface area contributed by atoms with Gasteiger partial charge in [0.05, 0.1) is 31.3 Å². The molecule has 1 saturated carbocycles. The molecule has 1 saturated heterocycles. The van der Waals surface area contributed by atoms with Crippen LogP contribution in [-0.4, -0.2) is 89.5 Å². The van der Waals surface area contributed by atoms with Gasteiger partial charge in [-0.3, -0.25) is 14.5 Å². The van der Waals surface area contributed by atoms with Gasteiger partial charge in [-0.2, -0.15) is 0 Å². The van der Waals surface area contributed by atoms with Crippen molar-refractivity contribution < 1.29 is 32.7 Å². The lowest BCUT2D eigenvalue weighted by atomic mass is 9.86. The number of benzene rings is 1. The number of carbonyl (C=O) groups is 2. The van der Waals surface area contributed by atoms with Crippen molar-refractivity contribution in [3.63, 3.8) is 0 Å². The number of amides is 2. The third-order valence-electron chi connectivity index (χ3n) is 7.93. The molecule has 11 heteroatoms. The van der Waals surface area contributed by atoms with E-state index in [0.29, 0.717) is 32.2 Å². The van der Waals surface area contributed by atoms with Gasteiger partial charge in [0.1, 0.15) is 11.6 Å². The summed E-state index contributed by atoms with van der Waals surface area (Å²) < 4.78 is 38.2. The molecular formula is C29H40F2N4O5. The van der Waals surface area contributed by atoms with Gasteiger partial charge in [-0.05, 0) is 45.2 Å². The van der Waals surface area contributed by atoms with Crippen LogP contribution in [-0.2, 0) is 9.53 Å². The maximum Gasteiger partial charge on any atom is 0.273 e. The Morgan fingerprint density at radius 1 is 1.18 bits per heavy atom. The SMILES string of the molecule is CC(C)N(CCOCCO)C(=O)[C@@H]1CN(C2CCCCC2)CC[C@H]1NC(=O)c1cc(-c2ccc(F)cc2F)on1. The summed E-state index contributed by atoms with van der Waals surface area (Å²) in [6, 6.07) is 4.32. The van der Waals surface area contributed by atoms with Crippen LogP contribution in [0.2, 0.25) is 0 Å². The van der Waals surface area contributed by atoms with Crippen LogP contribution >= 0.6 is 0 Å². The van der Waals surface area contributed by atoms with Gasteiger partial charge in [0, 0.05) is 49.9 Å². The van der Waals surface area contributed by atoms with Gasteiger partial charge in [-0.1, -0.05) is 24.4 Å². The lowest BCUT2D eigenvalue weighted by molar-refractivity contribution is -0.141. The zero-order chi connectivity index (χ0) is 28.6. The van der Waals surface area contributed by atoms with Crippen molar-refractivity contribution in [3.05, 3.63) is 41.6 Å². The number of carbonyl (C=O) groups excluding carboxylic acids is 2. The van der Waals surface area contributed by atoms with E-state index < -0.39 is 29.5 Å². The third-order valence-corrected chi connectivity index (χ3v) is 7.93. The molecule has 2 aromatic rings. The Morgan fingerprint density at radius 3 is 2.65 bits per heavy atom. The van der Waals surface area contributed by atoms with E-state index in [1.807, 2.05) is 13.8 Å². The van der Waals surface area contributed by atoms with Gasteiger partial charge in [0.2, 0.25) is 5.91 Å². The molecule has 2 amide bonds. The molecule has 2 N–H and O–H groups in total. The van der Waals surface area contributed by atoms with Crippen molar-refractivity contribution in [3.8, 4) is 11.3 Å². The van der Waals surface area contributed by atoms with Crippen LogP contribution < -0.4 is 5.32 Å². The van der Waals surface area contributed by atoms with Crippen LogP contribution in [0.4, 0.5) is 8.78 Å². The van der Waals surface area contributed by atoms with E-state index in [-0.39, 0.29) is 42.2 Å². The van der Waals surface area contributed by atoms with Crippen LogP contribution in [0.25, 0.3) is 11.3 Å². The van der Waals surface area contributed by atoms with Gasteiger partial charge < -0.3 is 24.6 Å². The number of aromatic nitrogens is 1. The molecule has 0 bridgehead atoms.